The zero-order chi connectivity index (χ0) is 27.6. The third kappa shape index (κ3) is 5.74. The highest BCUT2D eigenvalue weighted by molar-refractivity contribution is 7.51. The van der Waals surface area contributed by atoms with E-state index in [0.29, 0.717) is 5.56 Å². The van der Waals surface area contributed by atoms with Crippen LogP contribution in [0.4, 0.5) is 11.8 Å². The van der Waals surface area contributed by atoms with Crippen LogP contribution in [0.3, 0.4) is 0 Å². The zero-order valence-corrected chi connectivity index (χ0v) is 21.8. The number of fused-ring (bicyclic) bond motifs is 1. The van der Waals surface area contributed by atoms with Gasteiger partial charge in [0.05, 0.1) is 19.5 Å². The number of anilines is 2. The molecular weight excluding hydrogens is 529 g/mol. The smallest absolute Gasteiger partial charge is 0.387 e. The summed E-state index contributed by atoms with van der Waals surface area (Å²) in [6.07, 6.45) is 4.08. The monoisotopic (exact) mass is 557 g/mol. The second kappa shape index (κ2) is 10.9. The van der Waals surface area contributed by atoms with Crippen LogP contribution in [0.1, 0.15) is 24.3 Å². The topological polar surface area (TPSA) is 219 Å². The van der Waals surface area contributed by atoms with E-state index in [1.807, 2.05) is 0 Å². The zero-order valence-electron chi connectivity index (χ0n) is 20.9. The molecule has 0 saturated carbocycles. The van der Waals surface area contributed by atoms with Gasteiger partial charge in [0.15, 0.2) is 17.7 Å². The number of aromatic nitrogens is 6. The summed E-state index contributed by atoms with van der Waals surface area (Å²) >= 11 is 0. The molecule has 1 fully saturated rings. The summed E-state index contributed by atoms with van der Waals surface area (Å²) in [4.78, 5) is 20.3. The van der Waals surface area contributed by atoms with Crippen LogP contribution in [-0.4, -0.2) is 64.1 Å². The molecule has 4 aromatic rings. The summed E-state index contributed by atoms with van der Waals surface area (Å²) in [6.45, 7) is 1.09. The van der Waals surface area contributed by atoms with Gasteiger partial charge in [0, 0.05) is 31.3 Å². The lowest BCUT2D eigenvalue weighted by atomic mass is 9.96. The summed E-state index contributed by atoms with van der Waals surface area (Å²) in [7, 11) is -3.95. The van der Waals surface area contributed by atoms with E-state index in [0.717, 1.165) is 5.56 Å². The van der Waals surface area contributed by atoms with E-state index in [9.17, 15) is 14.8 Å². The summed E-state index contributed by atoms with van der Waals surface area (Å²) in [6, 6.07) is 7.04. The fourth-order valence-corrected chi connectivity index (χ4v) is 5.43. The molecule has 0 amide bonds. The second-order valence-electron chi connectivity index (χ2n) is 9.11. The van der Waals surface area contributed by atoms with Crippen LogP contribution in [0.2, 0.25) is 0 Å². The molecule has 1 unspecified atom stereocenters. The molecule has 39 heavy (non-hydrogen) atoms. The number of hydrogen-bond donors (Lipinski definition) is 5. The number of nitrogens with one attached hydrogen (secondary N) is 1. The van der Waals surface area contributed by atoms with E-state index in [4.69, 9.17) is 25.3 Å². The van der Waals surface area contributed by atoms with Gasteiger partial charge in [0.25, 0.3) is 0 Å². The minimum Gasteiger partial charge on any atom is -0.387 e. The van der Waals surface area contributed by atoms with E-state index in [2.05, 4.69) is 30.0 Å². The van der Waals surface area contributed by atoms with Gasteiger partial charge in [0.2, 0.25) is 5.95 Å². The Morgan fingerprint density at radius 2 is 1.87 bits per heavy atom. The number of aliphatic hydroxyl groups is 2. The van der Waals surface area contributed by atoms with Crippen molar-refractivity contribution in [3.05, 3.63) is 66.5 Å². The van der Waals surface area contributed by atoms with Crippen molar-refractivity contribution in [3.8, 4) is 0 Å². The lowest BCUT2D eigenvalue weighted by Gasteiger charge is -2.27. The molecule has 206 valence electrons. The molecule has 0 bridgehead atoms. The minimum atomic E-state index is -3.95. The number of nitrogen functional groups attached to an aromatic ring is 2. The van der Waals surface area contributed by atoms with Crippen molar-refractivity contribution in [2.24, 2.45) is 0 Å². The van der Waals surface area contributed by atoms with Crippen LogP contribution in [-0.2, 0) is 31.5 Å². The Bertz CT molecular complexity index is 1430. The normalized spacial score (nSPS) is 24.6. The molecule has 7 N–H and O–H groups in total. The molecule has 16 heteroatoms. The predicted molar refractivity (Wildman–Crippen MR) is 138 cm³/mol. The third-order valence-corrected chi connectivity index (χ3v) is 7.71. The average molecular weight is 558 g/mol. The fraction of sp³-hybridized carbons (Fsp3) is 0.348. The Balaban J connectivity index is 1.33. The first-order chi connectivity index (χ1) is 18.7. The molecule has 0 aromatic carbocycles. The van der Waals surface area contributed by atoms with Gasteiger partial charge in [-0.25, -0.2) is 14.6 Å². The maximum absolute atomic E-state index is 13.7. The van der Waals surface area contributed by atoms with Crippen LogP contribution in [0.15, 0.2) is 55.4 Å². The Labute approximate surface area is 222 Å². The fourth-order valence-electron chi connectivity index (χ4n) is 4.14. The molecule has 15 nitrogen and oxygen atoms in total. The van der Waals surface area contributed by atoms with Crippen molar-refractivity contribution in [1.82, 2.24) is 34.6 Å². The van der Waals surface area contributed by atoms with E-state index in [-0.39, 0.29) is 42.7 Å². The predicted octanol–water partition coefficient (Wildman–Crippen LogP) is 0.921. The Kier molecular flexibility index (Phi) is 7.55. The maximum atomic E-state index is 13.7. The molecule has 5 atom stereocenters. The van der Waals surface area contributed by atoms with Crippen molar-refractivity contribution in [3.63, 3.8) is 0 Å². The number of rotatable bonds is 10. The molecule has 4 aromatic heterocycles. The number of nitrogens with two attached hydrogens (primary N) is 2. The van der Waals surface area contributed by atoms with E-state index in [1.165, 1.54) is 17.8 Å². The molecule has 0 radical (unpaired) electrons. The first kappa shape index (κ1) is 27.0. The summed E-state index contributed by atoms with van der Waals surface area (Å²) in [5.74, 6) is -0.0352. The van der Waals surface area contributed by atoms with Gasteiger partial charge >= 0.3 is 7.75 Å². The molecule has 1 saturated heterocycles. The quantitative estimate of drug-likeness (QED) is 0.171. The van der Waals surface area contributed by atoms with Crippen molar-refractivity contribution in [2.75, 3.05) is 18.1 Å². The second-order valence-corrected chi connectivity index (χ2v) is 10.9. The molecule has 0 spiro atoms. The van der Waals surface area contributed by atoms with Gasteiger partial charge in [-0.2, -0.15) is 9.97 Å². The minimum absolute atomic E-state index is 0.0524. The molecule has 5 heterocycles. The lowest BCUT2D eigenvalue weighted by Crippen LogP contribution is -2.44. The number of pyridine rings is 2. The van der Waals surface area contributed by atoms with Gasteiger partial charge < -0.3 is 26.4 Å². The molecular formula is C23H28N9O6P. The Morgan fingerprint density at radius 3 is 2.56 bits per heavy atom. The third-order valence-electron chi connectivity index (χ3n) is 6.21. The molecule has 1 aliphatic heterocycles. The van der Waals surface area contributed by atoms with Crippen LogP contribution in [0, 0.1) is 0 Å². The molecule has 5 rings (SSSR count). The van der Waals surface area contributed by atoms with Crippen molar-refractivity contribution >= 4 is 30.7 Å². The van der Waals surface area contributed by atoms with Crippen LogP contribution in [0.25, 0.3) is 11.2 Å². The number of nitrogens with zero attached hydrogens (tertiary/aromatic N) is 6. The van der Waals surface area contributed by atoms with Gasteiger partial charge in [-0.3, -0.25) is 23.6 Å². The maximum Gasteiger partial charge on any atom is 0.406 e. The van der Waals surface area contributed by atoms with Crippen LogP contribution in [0.5, 0.6) is 0 Å². The Hall–Kier alpha value is -3.56. The first-order valence-corrected chi connectivity index (χ1v) is 13.4. The molecule has 0 aliphatic carbocycles. The highest BCUT2D eigenvalue weighted by Gasteiger charge is 2.54. The van der Waals surface area contributed by atoms with Gasteiger partial charge in [-0.05, 0) is 30.2 Å². The average Bonchev–Trinajstić information content (AvgIpc) is 3.44. The standard InChI is InChI=1S/C23H28N9O6P/c1-23(34)18(33)16(38-21(23)32-13-28-17-19(24)30-22(25)31-20(17)32)12-37-39(35,29-10-14-4-2-6-26-8-14)36-11-15-5-3-7-27-9-15/h2-9,13,16,18,21,33-34H,10-12H2,1H3,(H,29,35)(H4,24,25,30,31)/t16-,18+,21-,23+,39?/m1/s1. The summed E-state index contributed by atoms with van der Waals surface area (Å²) in [5.41, 5.74) is 11.7. The first-order valence-electron chi connectivity index (χ1n) is 11.9. The van der Waals surface area contributed by atoms with E-state index in [1.54, 1.807) is 49.1 Å². The highest BCUT2D eigenvalue weighted by Crippen LogP contribution is 2.47. The van der Waals surface area contributed by atoms with Gasteiger partial charge in [-0.15, -0.1) is 0 Å². The SMILES string of the molecule is C[C@]1(O)[C@@H](O)[C@@H](COP(=O)(NCc2cccnc2)OCc2cccnc2)O[C@H]1n1cnc2c(N)nc(N)nc21. The summed E-state index contributed by atoms with van der Waals surface area (Å²) in [5, 5.41) is 24.9. The Morgan fingerprint density at radius 1 is 1.15 bits per heavy atom. The van der Waals surface area contributed by atoms with Crippen LogP contribution < -0.4 is 16.6 Å². The van der Waals surface area contributed by atoms with Gasteiger partial charge in [0.1, 0.15) is 23.3 Å². The van der Waals surface area contributed by atoms with Crippen molar-refractivity contribution in [2.45, 2.75) is 44.1 Å². The number of hydrogen-bond acceptors (Lipinski definition) is 13. The van der Waals surface area contributed by atoms with Crippen molar-refractivity contribution in [1.29, 1.82) is 0 Å². The largest absolute Gasteiger partial charge is 0.406 e. The molecule has 1 aliphatic rings. The van der Waals surface area contributed by atoms with E-state index >= 15 is 0 Å². The number of ether oxygens (including phenoxy) is 1. The number of aliphatic hydroxyl groups excluding tert-OH is 1. The number of imidazole rings is 1. The highest BCUT2D eigenvalue weighted by atomic mass is 31.2. The summed E-state index contributed by atoms with van der Waals surface area (Å²) < 4.78 is 32.4. The van der Waals surface area contributed by atoms with Crippen LogP contribution >= 0.6 is 7.75 Å². The van der Waals surface area contributed by atoms with Gasteiger partial charge in [-0.1, -0.05) is 12.1 Å². The lowest BCUT2D eigenvalue weighted by molar-refractivity contribution is -0.0948. The van der Waals surface area contributed by atoms with Crippen molar-refractivity contribution < 1.29 is 28.6 Å². The van der Waals surface area contributed by atoms with E-state index < -0.39 is 31.8 Å².